The third-order valence-corrected chi connectivity index (χ3v) is 5.36. The first-order valence-electron chi connectivity index (χ1n) is 7.12. The van der Waals surface area contributed by atoms with Gasteiger partial charge in [0.25, 0.3) is 0 Å². The van der Waals surface area contributed by atoms with Gasteiger partial charge in [0.2, 0.25) is 5.91 Å². The highest BCUT2D eigenvalue weighted by Crippen LogP contribution is 2.58. The molecule has 2 saturated carbocycles. The van der Waals surface area contributed by atoms with E-state index >= 15 is 0 Å². The van der Waals surface area contributed by atoms with E-state index in [0.717, 1.165) is 26.1 Å². The molecule has 1 atom stereocenters. The lowest BCUT2D eigenvalue weighted by atomic mass is 9.70. The molecule has 0 aromatic rings. The van der Waals surface area contributed by atoms with Crippen molar-refractivity contribution in [2.45, 2.75) is 45.4 Å². The van der Waals surface area contributed by atoms with Crippen molar-refractivity contribution >= 4 is 5.91 Å². The average Bonchev–Trinajstić information content (AvgIpc) is 2.98. The molecule has 1 spiro atoms. The third kappa shape index (κ3) is 2.10. The molecule has 2 N–H and O–H groups in total. The van der Waals surface area contributed by atoms with Crippen molar-refractivity contribution in [1.29, 1.82) is 0 Å². The molecule has 0 radical (unpaired) electrons. The summed E-state index contributed by atoms with van der Waals surface area (Å²) in [5.74, 6) is 0.660. The Morgan fingerprint density at radius 2 is 2.00 bits per heavy atom. The topological polar surface area (TPSA) is 41.1 Å². The molecule has 0 aromatic carbocycles. The minimum atomic E-state index is 0.327. The molecule has 17 heavy (non-hydrogen) atoms. The number of hydrogen-bond donors (Lipinski definition) is 2. The highest BCUT2D eigenvalue weighted by atomic mass is 16.2. The largest absolute Gasteiger partial charge is 0.355 e. The normalized spacial score (nSPS) is 32.9. The summed E-state index contributed by atoms with van der Waals surface area (Å²) in [7, 11) is 0. The van der Waals surface area contributed by atoms with Crippen LogP contribution in [0.2, 0.25) is 0 Å². The van der Waals surface area contributed by atoms with Crippen LogP contribution in [-0.2, 0) is 4.79 Å². The van der Waals surface area contributed by atoms with Crippen LogP contribution >= 0.6 is 0 Å². The quantitative estimate of drug-likeness (QED) is 0.783. The second kappa shape index (κ2) is 3.98. The summed E-state index contributed by atoms with van der Waals surface area (Å²) in [6, 6.07) is 0. The van der Waals surface area contributed by atoms with Gasteiger partial charge in [0.15, 0.2) is 0 Å². The Balaban J connectivity index is 1.47. The lowest BCUT2D eigenvalue weighted by molar-refractivity contribution is -0.124. The molecule has 3 heteroatoms. The highest BCUT2D eigenvalue weighted by molar-refractivity contribution is 5.82. The Bertz CT molecular complexity index is 316. The van der Waals surface area contributed by atoms with E-state index in [2.05, 4.69) is 17.6 Å². The fourth-order valence-electron chi connectivity index (χ4n) is 3.58. The molecule has 1 heterocycles. The summed E-state index contributed by atoms with van der Waals surface area (Å²) in [5.41, 5.74) is 0.793. The van der Waals surface area contributed by atoms with E-state index in [0.29, 0.717) is 22.7 Å². The number of nitrogens with one attached hydrogen (secondary N) is 2. The van der Waals surface area contributed by atoms with Gasteiger partial charge in [-0.05, 0) is 56.0 Å². The van der Waals surface area contributed by atoms with E-state index in [1.807, 2.05) is 0 Å². The second-order valence-corrected chi connectivity index (χ2v) is 6.75. The number of carbonyl (C=O) groups is 1. The van der Waals surface area contributed by atoms with Crippen LogP contribution in [0.25, 0.3) is 0 Å². The summed E-state index contributed by atoms with van der Waals surface area (Å²) >= 11 is 0. The van der Waals surface area contributed by atoms with Crippen molar-refractivity contribution in [3.05, 3.63) is 0 Å². The van der Waals surface area contributed by atoms with Crippen LogP contribution in [0, 0.1) is 16.7 Å². The number of amides is 1. The first kappa shape index (κ1) is 11.5. The summed E-state index contributed by atoms with van der Waals surface area (Å²) in [6.07, 6.45) is 7.44. The summed E-state index contributed by atoms with van der Waals surface area (Å²) < 4.78 is 0. The molecule has 3 rings (SSSR count). The lowest BCUT2D eigenvalue weighted by Crippen LogP contribution is -2.41. The summed E-state index contributed by atoms with van der Waals surface area (Å²) in [4.78, 5) is 12.1. The van der Waals surface area contributed by atoms with Crippen LogP contribution in [0.3, 0.4) is 0 Å². The van der Waals surface area contributed by atoms with E-state index < -0.39 is 0 Å². The van der Waals surface area contributed by atoms with E-state index in [1.165, 1.54) is 32.1 Å². The van der Waals surface area contributed by atoms with Crippen LogP contribution < -0.4 is 10.6 Å². The predicted octanol–water partition coefficient (Wildman–Crippen LogP) is 1.68. The van der Waals surface area contributed by atoms with Gasteiger partial charge >= 0.3 is 0 Å². The summed E-state index contributed by atoms with van der Waals surface area (Å²) in [6.45, 7) is 5.39. The Labute approximate surface area is 104 Å². The first-order valence-corrected chi connectivity index (χ1v) is 7.12. The molecule has 3 nitrogen and oxygen atoms in total. The standard InChI is InChI=1S/C14H24N2O/c1-13(3-2-4-13)10-16-12(17)11-9-14(11)5-7-15-8-6-14/h11,15H,2-10H2,1H3,(H,16,17). The molecular formula is C14H24N2O. The smallest absolute Gasteiger partial charge is 0.223 e. The molecule has 1 amide bonds. The second-order valence-electron chi connectivity index (χ2n) is 6.75. The molecular weight excluding hydrogens is 212 g/mol. The number of hydrogen-bond acceptors (Lipinski definition) is 2. The highest BCUT2D eigenvalue weighted by Gasteiger charge is 2.57. The molecule has 3 fully saturated rings. The van der Waals surface area contributed by atoms with Crippen molar-refractivity contribution in [1.82, 2.24) is 10.6 Å². The van der Waals surface area contributed by atoms with Crippen LogP contribution in [0.5, 0.6) is 0 Å². The van der Waals surface area contributed by atoms with E-state index in [-0.39, 0.29) is 0 Å². The Hall–Kier alpha value is -0.570. The molecule has 3 aliphatic rings. The minimum Gasteiger partial charge on any atom is -0.355 e. The van der Waals surface area contributed by atoms with Gasteiger partial charge in [-0.3, -0.25) is 4.79 Å². The monoisotopic (exact) mass is 236 g/mol. The maximum absolute atomic E-state index is 12.1. The molecule has 1 saturated heterocycles. The molecule has 1 aliphatic heterocycles. The van der Waals surface area contributed by atoms with Gasteiger partial charge in [0, 0.05) is 12.5 Å². The number of piperidine rings is 1. The van der Waals surface area contributed by atoms with Crippen molar-refractivity contribution < 1.29 is 4.79 Å². The Kier molecular flexibility index (Phi) is 2.69. The fraction of sp³-hybridized carbons (Fsp3) is 0.929. The van der Waals surface area contributed by atoms with Crippen molar-refractivity contribution in [2.75, 3.05) is 19.6 Å². The molecule has 96 valence electrons. The maximum Gasteiger partial charge on any atom is 0.223 e. The predicted molar refractivity (Wildman–Crippen MR) is 67.6 cm³/mol. The van der Waals surface area contributed by atoms with Gasteiger partial charge in [-0.1, -0.05) is 13.3 Å². The zero-order valence-electron chi connectivity index (χ0n) is 10.8. The number of rotatable bonds is 3. The van der Waals surface area contributed by atoms with Crippen LogP contribution in [0.1, 0.15) is 45.4 Å². The van der Waals surface area contributed by atoms with Crippen molar-refractivity contribution in [2.24, 2.45) is 16.7 Å². The number of carbonyl (C=O) groups excluding carboxylic acids is 1. The van der Waals surface area contributed by atoms with Crippen molar-refractivity contribution in [3.8, 4) is 0 Å². The summed E-state index contributed by atoms with van der Waals surface area (Å²) in [5, 5.41) is 6.58. The Morgan fingerprint density at radius 1 is 1.29 bits per heavy atom. The van der Waals surface area contributed by atoms with Gasteiger partial charge in [-0.2, -0.15) is 0 Å². The van der Waals surface area contributed by atoms with Crippen molar-refractivity contribution in [3.63, 3.8) is 0 Å². The van der Waals surface area contributed by atoms with Crippen LogP contribution in [-0.4, -0.2) is 25.5 Å². The molecule has 2 aliphatic carbocycles. The Morgan fingerprint density at radius 3 is 2.59 bits per heavy atom. The van der Waals surface area contributed by atoms with Crippen LogP contribution in [0.15, 0.2) is 0 Å². The van der Waals surface area contributed by atoms with E-state index in [1.54, 1.807) is 0 Å². The minimum absolute atomic E-state index is 0.327. The zero-order chi connectivity index (χ0) is 11.9. The van der Waals surface area contributed by atoms with Gasteiger partial charge in [-0.25, -0.2) is 0 Å². The zero-order valence-corrected chi connectivity index (χ0v) is 10.8. The molecule has 0 bridgehead atoms. The lowest BCUT2D eigenvalue weighted by Gasteiger charge is -2.38. The maximum atomic E-state index is 12.1. The molecule has 0 aromatic heterocycles. The van der Waals surface area contributed by atoms with E-state index in [9.17, 15) is 4.79 Å². The first-order chi connectivity index (χ1) is 8.14. The van der Waals surface area contributed by atoms with Gasteiger partial charge in [0.1, 0.15) is 0 Å². The third-order valence-electron chi connectivity index (χ3n) is 5.36. The van der Waals surface area contributed by atoms with E-state index in [4.69, 9.17) is 0 Å². The SMILES string of the molecule is CC1(CNC(=O)C2CC23CCNCC3)CCC1. The van der Waals surface area contributed by atoms with Crippen LogP contribution in [0.4, 0.5) is 0 Å². The molecule has 1 unspecified atom stereocenters. The van der Waals surface area contributed by atoms with Gasteiger partial charge in [0.05, 0.1) is 0 Å². The van der Waals surface area contributed by atoms with Gasteiger partial charge < -0.3 is 10.6 Å². The fourth-order valence-corrected chi connectivity index (χ4v) is 3.58. The average molecular weight is 236 g/mol. The van der Waals surface area contributed by atoms with Gasteiger partial charge in [-0.15, -0.1) is 0 Å².